The van der Waals surface area contributed by atoms with Crippen LogP contribution in [-0.2, 0) is 12.8 Å². The van der Waals surface area contributed by atoms with E-state index in [9.17, 15) is 0 Å². The lowest BCUT2D eigenvalue weighted by Crippen LogP contribution is -2.07. The second kappa shape index (κ2) is 3.54. The first-order valence-electron chi connectivity index (χ1n) is 5.54. The van der Waals surface area contributed by atoms with Crippen molar-refractivity contribution >= 4 is 0 Å². The highest BCUT2D eigenvalue weighted by Crippen LogP contribution is 2.26. The molecule has 1 aromatic carbocycles. The van der Waals surface area contributed by atoms with E-state index in [1.54, 1.807) is 0 Å². The first kappa shape index (κ1) is 8.72. The fourth-order valence-corrected chi connectivity index (χ4v) is 2.40. The normalized spacial score (nSPS) is 14.9. The molecule has 0 bridgehead atoms. The molecule has 0 N–H and O–H groups in total. The Labute approximate surface area is 89.6 Å². The molecule has 0 aliphatic heterocycles. The maximum absolute atomic E-state index is 4.11. The first-order valence-corrected chi connectivity index (χ1v) is 5.54. The summed E-state index contributed by atoms with van der Waals surface area (Å²) in [4.78, 5) is 4.11. The van der Waals surface area contributed by atoms with E-state index < -0.39 is 0 Å². The van der Waals surface area contributed by atoms with Crippen molar-refractivity contribution in [3.8, 4) is 5.69 Å². The molecule has 0 unspecified atom stereocenters. The van der Waals surface area contributed by atoms with E-state index >= 15 is 0 Å². The Bertz CT molecular complexity index is 457. The second-order valence-corrected chi connectivity index (χ2v) is 4.09. The van der Waals surface area contributed by atoms with E-state index in [1.807, 2.05) is 18.7 Å². The van der Waals surface area contributed by atoms with Crippen LogP contribution >= 0.6 is 0 Å². The van der Waals surface area contributed by atoms with Gasteiger partial charge in [0.25, 0.3) is 0 Å². The van der Waals surface area contributed by atoms with Crippen LogP contribution in [0.2, 0.25) is 0 Å². The molecule has 0 saturated heterocycles. The van der Waals surface area contributed by atoms with Gasteiger partial charge in [-0.05, 0) is 42.9 Å². The van der Waals surface area contributed by atoms with Gasteiger partial charge in [0.1, 0.15) is 0 Å². The SMILES string of the molecule is c1cc2c(c(-n3ccnc3)c1)CCCC2. The number of benzene rings is 1. The molecule has 1 aromatic heterocycles. The van der Waals surface area contributed by atoms with Gasteiger partial charge >= 0.3 is 0 Å². The van der Waals surface area contributed by atoms with Crippen molar-refractivity contribution in [2.24, 2.45) is 0 Å². The van der Waals surface area contributed by atoms with E-state index in [-0.39, 0.29) is 0 Å². The van der Waals surface area contributed by atoms with Crippen LogP contribution < -0.4 is 0 Å². The van der Waals surface area contributed by atoms with Crippen LogP contribution in [0.3, 0.4) is 0 Å². The fourth-order valence-electron chi connectivity index (χ4n) is 2.40. The molecular formula is C13H14N2. The van der Waals surface area contributed by atoms with Gasteiger partial charge in [-0.25, -0.2) is 4.98 Å². The van der Waals surface area contributed by atoms with Gasteiger partial charge in [-0.2, -0.15) is 0 Å². The third-order valence-corrected chi connectivity index (χ3v) is 3.15. The van der Waals surface area contributed by atoms with Crippen molar-refractivity contribution in [3.63, 3.8) is 0 Å². The minimum absolute atomic E-state index is 1.21. The van der Waals surface area contributed by atoms with Crippen molar-refractivity contribution in [1.82, 2.24) is 9.55 Å². The van der Waals surface area contributed by atoms with Crippen LogP contribution in [0.25, 0.3) is 5.69 Å². The van der Waals surface area contributed by atoms with Gasteiger partial charge in [0.05, 0.1) is 6.33 Å². The average Bonchev–Trinajstić information content (AvgIpc) is 2.82. The number of nitrogens with zero attached hydrogens (tertiary/aromatic N) is 2. The van der Waals surface area contributed by atoms with Crippen molar-refractivity contribution in [1.29, 1.82) is 0 Å². The molecule has 0 radical (unpaired) electrons. The molecule has 15 heavy (non-hydrogen) atoms. The Balaban J connectivity index is 2.15. The second-order valence-electron chi connectivity index (χ2n) is 4.09. The lowest BCUT2D eigenvalue weighted by atomic mass is 9.90. The third-order valence-electron chi connectivity index (χ3n) is 3.15. The number of hydrogen-bond acceptors (Lipinski definition) is 1. The highest BCUT2D eigenvalue weighted by Gasteiger charge is 2.13. The van der Waals surface area contributed by atoms with Gasteiger partial charge in [0.2, 0.25) is 0 Å². The maximum Gasteiger partial charge on any atom is 0.0991 e. The smallest absolute Gasteiger partial charge is 0.0991 e. The molecule has 0 amide bonds. The van der Waals surface area contributed by atoms with Gasteiger partial charge < -0.3 is 4.57 Å². The van der Waals surface area contributed by atoms with E-state index in [2.05, 4.69) is 27.8 Å². The summed E-state index contributed by atoms with van der Waals surface area (Å²) < 4.78 is 2.12. The Hall–Kier alpha value is -1.57. The van der Waals surface area contributed by atoms with Gasteiger partial charge in [-0.1, -0.05) is 12.1 Å². The van der Waals surface area contributed by atoms with Crippen LogP contribution in [0.5, 0.6) is 0 Å². The molecule has 1 heterocycles. The number of aromatic nitrogens is 2. The highest BCUT2D eigenvalue weighted by molar-refractivity contribution is 5.47. The van der Waals surface area contributed by atoms with Crippen LogP contribution in [0, 0.1) is 0 Å². The topological polar surface area (TPSA) is 17.8 Å². The van der Waals surface area contributed by atoms with E-state index in [0.29, 0.717) is 0 Å². The largest absolute Gasteiger partial charge is 0.306 e. The molecule has 3 rings (SSSR count). The predicted octanol–water partition coefficient (Wildman–Crippen LogP) is 2.75. The van der Waals surface area contributed by atoms with E-state index in [0.717, 1.165) is 0 Å². The summed E-state index contributed by atoms with van der Waals surface area (Å²) in [5.41, 5.74) is 4.35. The van der Waals surface area contributed by atoms with Crippen molar-refractivity contribution in [2.75, 3.05) is 0 Å². The number of fused-ring (bicyclic) bond motifs is 1. The first-order chi connectivity index (χ1) is 7.45. The summed E-state index contributed by atoms with van der Waals surface area (Å²) in [7, 11) is 0. The van der Waals surface area contributed by atoms with E-state index in [1.165, 1.54) is 42.5 Å². The standard InChI is InChI=1S/C13H14N2/c1-2-6-12-11(4-1)5-3-7-13(12)15-9-8-14-10-15/h3,5,7-10H,1-2,4,6H2. The molecule has 2 heteroatoms. The van der Waals surface area contributed by atoms with Crippen molar-refractivity contribution in [2.45, 2.75) is 25.7 Å². The summed E-state index contributed by atoms with van der Waals surface area (Å²) in [5, 5.41) is 0. The monoisotopic (exact) mass is 198 g/mol. The fraction of sp³-hybridized carbons (Fsp3) is 0.308. The molecule has 2 aromatic rings. The van der Waals surface area contributed by atoms with Crippen LogP contribution in [-0.4, -0.2) is 9.55 Å². The molecule has 0 fully saturated rings. The zero-order valence-corrected chi connectivity index (χ0v) is 8.69. The molecule has 1 aliphatic carbocycles. The number of aryl methyl sites for hydroxylation is 1. The van der Waals surface area contributed by atoms with E-state index in [4.69, 9.17) is 0 Å². The van der Waals surface area contributed by atoms with Gasteiger partial charge in [-0.3, -0.25) is 0 Å². The summed E-state index contributed by atoms with van der Waals surface area (Å²) in [5.74, 6) is 0. The molecule has 0 spiro atoms. The zero-order chi connectivity index (χ0) is 10.1. The van der Waals surface area contributed by atoms with Crippen LogP contribution in [0.15, 0.2) is 36.9 Å². The summed E-state index contributed by atoms with van der Waals surface area (Å²) in [6.07, 6.45) is 10.8. The van der Waals surface area contributed by atoms with Crippen LogP contribution in [0.1, 0.15) is 24.0 Å². The predicted molar refractivity (Wildman–Crippen MR) is 60.2 cm³/mol. The average molecular weight is 198 g/mol. The molecule has 2 nitrogen and oxygen atoms in total. The number of imidazole rings is 1. The molecule has 76 valence electrons. The Morgan fingerprint density at radius 1 is 1.13 bits per heavy atom. The van der Waals surface area contributed by atoms with Crippen LogP contribution in [0.4, 0.5) is 0 Å². The lowest BCUT2D eigenvalue weighted by Gasteiger charge is -2.19. The van der Waals surface area contributed by atoms with Crippen molar-refractivity contribution < 1.29 is 0 Å². The summed E-state index contributed by atoms with van der Waals surface area (Å²) in [6, 6.07) is 6.60. The van der Waals surface area contributed by atoms with Gasteiger partial charge in [0, 0.05) is 18.1 Å². The molecule has 0 atom stereocenters. The summed E-state index contributed by atoms with van der Waals surface area (Å²) >= 11 is 0. The van der Waals surface area contributed by atoms with Crippen molar-refractivity contribution in [3.05, 3.63) is 48.0 Å². The maximum atomic E-state index is 4.11. The third kappa shape index (κ3) is 1.46. The number of hydrogen-bond donors (Lipinski definition) is 0. The lowest BCUT2D eigenvalue weighted by molar-refractivity contribution is 0.681. The quantitative estimate of drug-likeness (QED) is 0.689. The Morgan fingerprint density at radius 2 is 2.07 bits per heavy atom. The van der Waals surface area contributed by atoms with Gasteiger partial charge in [-0.15, -0.1) is 0 Å². The minimum atomic E-state index is 1.21. The minimum Gasteiger partial charge on any atom is -0.306 e. The molecule has 0 saturated carbocycles. The Kier molecular flexibility index (Phi) is 2.05. The Morgan fingerprint density at radius 3 is 2.93 bits per heavy atom. The van der Waals surface area contributed by atoms with Gasteiger partial charge in [0.15, 0.2) is 0 Å². The zero-order valence-electron chi connectivity index (χ0n) is 8.69. The molecular weight excluding hydrogens is 184 g/mol. The highest BCUT2D eigenvalue weighted by atomic mass is 15.0. The summed E-state index contributed by atoms with van der Waals surface area (Å²) in [6.45, 7) is 0. The molecule has 1 aliphatic rings. The number of rotatable bonds is 1.